The molecule has 2 N–H and O–H groups in total. The van der Waals surface area contributed by atoms with Crippen molar-refractivity contribution in [1.29, 1.82) is 0 Å². The number of carbonyl (C=O) groups is 1. The molecular formula is C27H28F3N7O4S. The molecule has 1 unspecified atom stereocenters. The molecule has 1 saturated carbocycles. The molecule has 6 rings (SSSR count). The number of imidazole rings is 1. The van der Waals surface area contributed by atoms with Crippen molar-refractivity contribution in [3.63, 3.8) is 0 Å². The molecule has 0 bridgehead atoms. The van der Waals surface area contributed by atoms with E-state index in [1.54, 1.807) is 30.1 Å². The predicted molar refractivity (Wildman–Crippen MR) is 148 cm³/mol. The van der Waals surface area contributed by atoms with Crippen molar-refractivity contribution < 1.29 is 31.1 Å². The summed E-state index contributed by atoms with van der Waals surface area (Å²) in [5, 5.41) is 9.92. The number of nitrogens with zero attached hydrogens (tertiary/aromatic N) is 5. The van der Waals surface area contributed by atoms with Crippen molar-refractivity contribution in [2.75, 3.05) is 23.5 Å². The molecule has 3 aromatic heterocycles. The number of sulfone groups is 1. The second-order valence-electron chi connectivity index (χ2n) is 10.5. The second-order valence-corrected chi connectivity index (χ2v) is 12.5. The summed E-state index contributed by atoms with van der Waals surface area (Å²) in [6.45, 7) is 0.370. The van der Waals surface area contributed by atoms with Crippen LogP contribution in [0.25, 0.3) is 22.4 Å². The molecule has 4 heterocycles. The van der Waals surface area contributed by atoms with Crippen LogP contribution < -0.4 is 10.6 Å². The SMILES string of the molecule is Cn1ccc(-c2ccc(Nc3cc(NC(=O)[C@H]4C[C@@H]4F)nc4c3nc(C(F)F)n4C3CCCCO3)c(S(C)(=O)=O)c2)n1. The molecule has 1 aliphatic heterocycles. The summed E-state index contributed by atoms with van der Waals surface area (Å²) in [6, 6.07) is 7.78. The molecule has 11 nitrogen and oxygen atoms in total. The summed E-state index contributed by atoms with van der Waals surface area (Å²) in [5.74, 6) is -2.02. The van der Waals surface area contributed by atoms with Crippen LogP contribution in [0, 0.1) is 5.92 Å². The van der Waals surface area contributed by atoms with E-state index in [0.29, 0.717) is 24.3 Å². The highest BCUT2D eigenvalue weighted by molar-refractivity contribution is 7.90. The number of pyridine rings is 1. The molecule has 1 aliphatic carbocycles. The molecule has 4 aromatic rings. The zero-order valence-corrected chi connectivity index (χ0v) is 23.5. The first-order valence-corrected chi connectivity index (χ1v) is 15.3. The van der Waals surface area contributed by atoms with E-state index in [4.69, 9.17) is 4.74 Å². The van der Waals surface area contributed by atoms with Crippen molar-refractivity contribution in [1.82, 2.24) is 24.3 Å². The molecule has 1 amide bonds. The third-order valence-electron chi connectivity index (χ3n) is 7.27. The highest BCUT2D eigenvalue weighted by Crippen LogP contribution is 2.39. The van der Waals surface area contributed by atoms with Gasteiger partial charge in [0.15, 0.2) is 21.3 Å². The Morgan fingerprint density at radius 3 is 2.55 bits per heavy atom. The number of fused-ring (bicyclic) bond motifs is 1. The van der Waals surface area contributed by atoms with E-state index in [-0.39, 0.29) is 39.7 Å². The average molecular weight is 604 g/mol. The lowest BCUT2D eigenvalue weighted by Crippen LogP contribution is -2.21. The van der Waals surface area contributed by atoms with Gasteiger partial charge in [0.05, 0.1) is 27.9 Å². The number of carbonyl (C=O) groups excluding carboxylic acids is 1. The van der Waals surface area contributed by atoms with Crippen LogP contribution in [0.5, 0.6) is 0 Å². The highest BCUT2D eigenvalue weighted by atomic mass is 32.2. The minimum Gasteiger partial charge on any atom is -0.358 e. The van der Waals surface area contributed by atoms with E-state index in [0.717, 1.165) is 19.1 Å². The Balaban J connectivity index is 1.49. The normalized spacial score (nSPS) is 20.7. The Hall–Kier alpha value is -3.98. The number of anilines is 3. The number of hydrogen-bond donors (Lipinski definition) is 2. The number of nitrogens with one attached hydrogen (secondary N) is 2. The maximum Gasteiger partial charge on any atom is 0.295 e. The molecule has 2 fully saturated rings. The first kappa shape index (κ1) is 28.2. The van der Waals surface area contributed by atoms with E-state index in [2.05, 4.69) is 25.7 Å². The number of ether oxygens (including phenoxy) is 1. The number of benzene rings is 1. The number of halogens is 3. The van der Waals surface area contributed by atoms with Crippen molar-refractivity contribution in [3.8, 4) is 11.3 Å². The number of rotatable bonds is 8. The largest absolute Gasteiger partial charge is 0.358 e. The lowest BCUT2D eigenvalue weighted by molar-refractivity contribution is -0.117. The Labute approximate surface area is 239 Å². The maximum atomic E-state index is 14.3. The van der Waals surface area contributed by atoms with Crippen LogP contribution in [0.1, 0.15) is 44.2 Å². The third kappa shape index (κ3) is 5.45. The number of amides is 1. The minimum atomic E-state index is -3.79. The van der Waals surface area contributed by atoms with E-state index in [1.165, 1.54) is 22.8 Å². The fourth-order valence-corrected chi connectivity index (χ4v) is 5.92. The Morgan fingerprint density at radius 1 is 1.14 bits per heavy atom. The van der Waals surface area contributed by atoms with Gasteiger partial charge in [0, 0.05) is 37.7 Å². The first-order valence-electron chi connectivity index (χ1n) is 13.4. The van der Waals surface area contributed by atoms with Gasteiger partial charge in [-0.05, 0) is 43.9 Å². The summed E-state index contributed by atoms with van der Waals surface area (Å²) >= 11 is 0. The van der Waals surface area contributed by atoms with Crippen LogP contribution in [0.4, 0.5) is 30.4 Å². The van der Waals surface area contributed by atoms with Crippen molar-refractivity contribution >= 4 is 44.1 Å². The van der Waals surface area contributed by atoms with E-state index in [9.17, 15) is 26.4 Å². The van der Waals surface area contributed by atoms with E-state index >= 15 is 0 Å². The third-order valence-corrected chi connectivity index (χ3v) is 8.41. The van der Waals surface area contributed by atoms with Gasteiger partial charge in [-0.25, -0.2) is 31.6 Å². The van der Waals surface area contributed by atoms with Crippen molar-refractivity contribution in [2.24, 2.45) is 13.0 Å². The Bertz CT molecular complexity index is 1780. The molecule has 3 atom stereocenters. The molecule has 1 aromatic carbocycles. The van der Waals surface area contributed by atoms with Crippen LogP contribution >= 0.6 is 0 Å². The molecule has 0 radical (unpaired) electrons. The van der Waals surface area contributed by atoms with Gasteiger partial charge in [0.1, 0.15) is 23.7 Å². The number of hydrogen-bond acceptors (Lipinski definition) is 8. The molecule has 1 saturated heterocycles. The van der Waals surface area contributed by atoms with Crippen LogP contribution in [-0.4, -0.2) is 57.7 Å². The lowest BCUT2D eigenvalue weighted by atomic mass is 10.1. The molecule has 15 heteroatoms. The highest BCUT2D eigenvalue weighted by Gasteiger charge is 2.44. The van der Waals surface area contributed by atoms with Crippen LogP contribution in [-0.2, 0) is 26.4 Å². The standard InChI is InChI=1S/C27H28F3N7O4S/c1-36-9-8-17(35-36)14-6-7-18(20(11-14)42(2,39)40)31-19-13-21(33-27(38)15-12-16(15)28)32-25-23(19)34-26(24(29)30)37(25)22-5-3-4-10-41-22/h6-9,11,13,15-16,22,24H,3-5,10,12H2,1-2H3,(H2,31,32,33,38)/t15-,16-,22?/m0/s1. The van der Waals surface area contributed by atoms with Gasteiger partial charge in [0.2, 0.25) is 5.91 Å². The average Bonchev–Trinajstić information content (AvgIpc) is 3.33. The molecule has 42 heavy (non-hydrogen) atoms. The lowest BCUT2D eigenvalue weighted by Gasteiger charge is -2.25. The maximum absolute atomic E-state index is 14.3. The minimum absolute atomic E-state index is 0.0103. The van der Waals surface area contributed by atoms with Crippen molar-refractivity contribution in [3.05, 3.63) is 42.4 Å². The molecular weight excluding hydrogens is 575 g/mol. The quantitative estimate of drug-likeness (QED) is 0.290. The zero-order valence-electron chi connectivity index (χ0n) is 22.7. The topological polar surface area (TPSA) is 133 Å². The van der Waals surface area contributed by atoms with Crippen LogP contribution in [0.15, 0.2) is 41.4 Å². The van der Waals surface area contributed by atoms with Crippen LogP contribution in [0.3, 0.4) is 0 Å². The number of aryl methyl sites for hydroxylation is 1. The number of alkyl halides is 3. The summed E-state index contributed by atoms with van der Waals surface area (Å²) in [7, 11) is -2.05. The van der Waals surface area contributed by atoms with E-state index < -0.39 is 46.3 Å². The number of aromatic nitrogens is 5. The van der Waals surface area contributed by atoms with Gasteiger partial charge in [-0.3, -0.25) is 14.0 Å². The molecule has 0 spiro atoms. The smallest absolute Gasteiger partial charge is 0.295 e. The fraction of sp³-hybridized carbons (Fsp3) is 0.407. The Morgan fingerprint density at radius 2 is 1.93 bits per heavy atom. The Kier molecular flexibility index (Phi) is 7.17. The first-order chi connectivity index (χ1) is 20.0. The predicted octanol–water partition coefficient (Wildman–Crippen LogP) is 4.91. The second kappa shape index (κ2) is 10.7. The summed E-state index contributed by atoms with van der Waals surface area (Å²) in [5.41, 5.74) is 1.42. The van der Waals surface area contributed by atoms with Gasteiger partial charge >= 0.3 is 0 Å². The summed E-state index contributed by atoms with van der Waals surface area (Å²) in [6.07, 6.45) is -0.152. The fourth-order valence-electron chi connectivity index (χ4n) is 5.06. The molecule has 222 valence electrons. The van der Waals surface area contributed by atoms with Crippen molar-refractivity contribution in [2.45, 2.75) is 49.4 Å². The molecule has 2 aliphatic rings. The van der Waals surface area contributed by atoms with Gasteiger partial charge < -0.3 is 15.4 Å². The summed E-state index contributed by atoms with van der Waals surface area (Å²) in [4.78, 5) is 21.1. The van der Waals surface area contributed by atoms with Gasteiger partial charge in [-0.15, -0.1) is 0 Å². The van der Waals surface area contributed by atoms with E-state index in [1.807, 2.05) is 0 Å². The van der Waals surface area contributed by atoms with Gasteiger partial charge in [0.25, 0.3) is 6.43 Å². The zero-order chi connectivity index (χ0) is 29.8. The summed E-state index contributed by atoms with van der Waals surface area (Å²) < 4.78 is 76.5. The van der Waals surface area contributed by atoms with Gasteiger partial charge in [-0.2, -0.15) is 5.10 Å². The van der Waals surface area contributed by atoms with Gasteiger partial charge in [-0.1, -0.05) is 6.07 Å². The van der Waals surface area contributed by atoms with Crippen LogP contribution in [0.2, 0.25) is 0 Å². The monoisotopic (exact) mass is 603 g/mol.